The molecule has 0 rings (SSSR count). The Morgan fingerprint density at radius 3 is 0.0303 bits per heavy atom. The fourth-order valence-corrected chi connectivity index (χ4v) is 0. The van der Waals surface area contributed by atoms with Gasteiger partial charge in [-0.2, -0.15) is 0 Å². The molecule has 0 unspecified atom stereocenters. The van der Waals surface area contributed by atoms with Crippen LogP contribution >= 0.6 is 0 Å². The predicted molar refractivity (Wildman–Crippen MR) is 236 cm³/mol. The molecule has 0 radical (unpaired) electrons. The monoisotopic (exact) mass is 1320 g/mol. The van der Waals surface area contributed by atoms with Crippen molar-refractivity contribution in [2.75, 3.05) is 0 Å². The first-order chi connectivity index (χ1) is 0. The van der Waals surface area contributed by atoms with Crippen LogP contribution in [0.2, 0.25) is 0 Å². The first-order valence-corrected chi connectivity index (χ1v) is 0. The Morgan fingerprint density at radius 1 is 0.0303 bits per heavy atom. The molecule has 0 bridgehead atoms. The third-order valence-electron chi connectivity index (χ3n) is 0. The third kappa shape index (κ3) is 208. The van der Waals surface area contributed by atoms with Crippen molar-refractivity contribution in [1.82, 2.24) is 0 Å². The molecule has 33 heavy (non-hydrogen) atoms. The van der Waals surface area contributed by atoms with E-state index < -0.39 is 0 Å². The summed E-state index contributed by atoms with van der Waals surface area (Å²) in [4.78, 5) is 0. The van der Waals surface area contributed by atoms with Gasteiger partial charge in [-0.25, -0.2) is 0 Å². The molecule has 0 aliphatic rings. The normalized spacial score (nSPS) is 0. The summed E-state index contributed by atoms with van der Waals surface area (Å²) < 4.78 is 0. The summed E-state index contributed by atoms with van der Waals surface area (Å²) in [5, 5.41) is 0. The fraction of sp³-hybridized carbons (Fsp3) is 0. The van der Waals surface area contributed by atoms with Gasteiger partial charge < -0.3 is 0 Å². The molecule has 0 aromatic heterocycles. The van der Waals surface area contributed by atoms with Crippen molar-refractivity contribution in [3.8, 4) is 0 Å². The van der Waals surface area contributed by atoms with Gasteiger partial charge in [-0.1, -0.05) is 0 Å². The molecule has 0 N–H and O–H groups in total. The van der Waals surface area contributed by atoms with Gasteiger partial charge in [0, 0.05) is 0 Å². The zero-order valence-electron chi connectivity index (χ0n) is 0. The second kappa shape index (κ2) is 213. The Kier molecular flexibility index (Phi) is 1420. The molecule has 0 fully saturated rings. The topological polar surface area (TPSA) is 0 Å². The van der Waals surface area contributed by atoms with Gasteiger partial charge in [0.15, 0.2) is 0 Å². The summed E-state index contributed by atoms with van der Waals surface area (Å²) in [6.07, 6.45) is 0. The second-order valence-corrected chi connectivity index (χ2v) is 0. The fourth-order valence-electron chi connectivity index (χ4n) is 0. The van der Waals surface area contributed by atoms with Crippen LogP contribution in [0, 0.1) is 0 Å². The van der Waals surface area contributed by atoms with Crippen LogP contribution in [0.5, 0.6) is 0 Å². The minimum atomic E-state index is 0. The minimum absolute atomic E-state index is 0. The van der Waals surface area contributed by atoms with Crippen LogP contribution in [0.3, 0.4) is 0 Å². The summed E-state index contributed by atoms with van der Waals surface area (Å²) in [6, 6.07) is 0. The molecule has 0 aromatic rings. The van der Waals surface area contributed by atoms with E-state index in [-0.39, 0.29) is 1700 Å². The molecule has 0 amide bonds. The first kappa shape index (κ1) is 221. The van der Waals surface area contributed by atoms with Gasteiger partial charge in [-0.15, -0.1) is 0 Å². The molecule has 0 saturated carbocycles. The van der Waals surface area contributed by atoms with Crippen LogP contribution in [0.1, 0.15) is 0 Å². The van der Waals surface area contributed by atoms with Crippen molar-refractivity contribution in [2.45, 2.75) is 0 Å². The molecule has 0 heterocycles. The van der Waals surface area contributed by atoms with Crippen LogP contribution in [0.15, 0.2) is 0 Å². The quantitative estimate of drug-likeness (QED) is 0.212. The zero-order valence-corrected chi connectivity index (χ0v) is 0. The molecular formula is H33K33. The van der Waals surface area contributed by atoms with Crippen LogP contribution < -0.4 is 0 Å². The molecule has 33 heteroatoms. The van der Waals surface area contributed by atoms with Crippen molar-refractivity contribution >= 4 is 1700 Å². The van der Waals surface area contributed by atoms with E-state index in [9.17, 15) is 0 Å². The van der Waals surface area contributed by atoms with E-state index in [1.54, 1.807) is 0 Å². The first-order valence-electron chi connectivity index (χ1n) is 0. The van der Waals surface area contributed by atoms with Crippen molar-refractivity contribution in [3.63, 3.8) is 0 Å². The van der Waals surface area contributed by atoms with E-state index in [0.717, 1.165) is 0 Å². The molecular weight excluding hydrogens is 1290 g/mol. The van der Waals surface area contributed by atoms with Crippen molar-refractivity contribution < 1.29 is 0 Å². The van der Waals surface area contributed by atoms with Gasteiger partial charge in [0.25, 0.3) is 0 Å². The molecule has 0 aromatic carbocycles. The summed E-state index contributed by atoms with van der Waals surface area (Å²) in [6.45, 7) is 0. The Hall–Kier alpha value is 54.0. The standard InChI is InChI=1S/33K.33H. The van der Waals surface area contributed by atoms with Gasteiger partial charge in [-0.3, -0.25) is 0 Å². The van der Waals surface area contributed by atoms with Gasteiger partial charge in [0.1, 0.15) is 0 Å². The SMILES string of the molecule is [KH].[KH].[KH].[KH].[KH].[KH].[KH].[KH].[KH].[KH].[KH].[KH].[KH].[KH].[KH].[KH].[KH].[KH].[KH].[KH].[KH].[KH].[KH].[KH].[KH].[KH].[KH].[KH].[KH].[KH].[KH].[KH].[KH]. The number of rotatable bonds is 0. The summed E-state index contributed by atoms with van der Waals surface area (Å²) in [7, 11) is 0. The third-order valence-corrected chi connectivity index (χ3v) is 0. The van der Waals surface area contributed by atoms with Crippen molar-refractivity contribution in [2.24, 2.45) is 0 Å². The van der Waals surface area contributed by atoms with Gasteiger partial charge >= 0.3 is 1700 Å². The second-order valence-electron chi connectivity index (χ2n) is 0. The van der Waals surface area contributed by atoms with E-state index in [1.807, 2.05) is 0 Å². The van der Waals surface area contributed by atoms with Crippen LogP contribution in [0.4, 0.5) is 0 Å². The predicted octanol–water partition coefficient (Wildman–Crippen LogP) is -21.4. The summed E-state index contributed by atoms with van der Waals surface area (Å²) >= 11 is 0. The molecule has 0 atom stereocenters. The molecule has 0 aliphatic heterocycles. The van der Waals surface area contributed by atoms with Crippen LogP contribution in [0.25, 0.3) is 0 Å². The van der Waals surface area contributed by atoms with Crippen LogP contribution in [-0.2, 0) is 0 Å². The van der Waals surface area contributed by atoms with E-state index in [0.29, 0.717) is 0 Å². The van der Waals surface area contributed by atoms with E-state index in [4.69, 9.17) is 0 Å². The molecule has 0 aliphatic carbocycles. The summed E-state index contributed by atoms with van der Waals surface area (Å²) in [5.74, 6) is 0. The molecule has 0 saturated heterocycles. The van der Waals surface area contributed by atoms with E-state index in [1.165, 1.54) is 0 Å². The average molecular weight is 1320 g/mol. The molecule has 66 valence electrons. The van der Waals surface area contributed by atoms with E-state index in [2.05, 4.69) is 0 Å². The summed E-state index contributed by atoms with van der Waals surface area (Å²) in [5.41, 5.74) is 0. The molecule has 0 nitrogen and oxygen atoms in total. The van der Waals surface area contributed by atoms with E-state index >= 15 is 0 Å². The Morgan fingerprint density at radius 2 is 0.0303 bits per heavy atom. The van der Waals surface area contributed by atoms with Crippen LogP contribution in [-0.4, -0.2) is 1700 Å². The van der Waals surface area contributed by atoms with Crippen molar-refractivity contribution in [1.29, 1.82) is 0 Å². The maximum atomic E-state index is 0. The Bertz CT molecular complexity index is 0. The maximum absolute atomic E-state index is 0. The van der Waals surface area contributed by atoms with Gasteiger partial charge in [0.05, 0.1) is 0 Å². The average Bonchev–Trinajstić information content (AvgIpc) is 0. The number of hydrogen-bond donors (Lipinski definition) is 0. The van der Waals surface area contributed by atoms with Gasteiger partial charge in [0.2, 0.25) is 0 Å². The molecule has 0 spiro atoms. The van der Waals surface area contributed by atoms with Gasteiger partial charge in [-0.05, 0) is 0 Å². The Balaban J connectivity index is 0. The van der Waals surface area contributed by atoms with Crippen molar-refractivity contribution in [3.05, 3.63) is 0 Å². The zero-order chi connectivity index (χ0) is 0. The Labute approximate surface area is 1620 Å². The number of hydrogen-bond acceptors (Lipinski definition) is 0.